The van der Waals surface area contributed by atoms with Gasteiger partial charge in [0.05, 0.1) is 22.9 Å². The summed E-state index contributed by atoms with van der Waals surface area (Å²) >= 11 is 7.32. The highest BCUT2D eigenvalue weighted by Crippen LogP contribution is 2.26. The molecule has 0 aliphatic carbocycles. The molecular formula is C22H29FN6S2. The smallest absolute Gasteiger partial charge is 0.199 e. The standard InChI is InChI=1S/C22H29FN6S2/c1-22(2,3)20-24-16(14-31-20)13-27-9-11-28(12-10-27)15-29-21(30)26(4)19(25-29)17-7-5-6-8-18(17)23/h5-8,14H,9-13,15H2,1-4H3. The average molecular weight is 461 g/mol. The van der Waals surface area contributed by atoms with Crippen molar-refractivity contribution < 1.29 is 4.39 Å². The van der Waals surface area contributed by atoms with Crippen molar-refractivity contribution in [3.8, 4) is 11.4 Å². The predicted octanol–water partition coefficient (Wildman–Crippen LogP) is 4.29. The number of piperazine rings is 1. The van der Waals surface area contributed by atoms with Crippen LogP contribution in [0.4, 0.5) is 4.39 Å². The van der Waals surface area contributed by atoms with E-state index in [1.54, 1.807) is 32.7 Å². The molecule has 1 fully saturated rings. The van der Waals surface area contributed by atoms with Gasteiger partial charge in [0.2, 0.25) is 0 Å². The molecule has 2 aromatic heterocycles. The lowest BCUT2D eigenvalue weighted by molar-refractivity contribution is 0.0974. The summed E-state index contributed by atoms with van der Waals surface area (Å²) in [6.45, 7) is 11.9. The van der Waals surface area contributed by atoms with Gasteiger partial charge in [0, 0.05) is 50.6 Å². The molecule has 4 rings (SSSR count). The van der Waals surface area contributed by atoms with E-state index < -0.39 is 0 Å². The zero-order valence-electron chi connectivity index (χ0n) is 18.5. The van der Waals surface area contributed by atoms with Crippen LogP contribution in [0.5, 0.6) is 0 Å². The summed E-state index contributed by atoms with van der Waals surface area (Å²) in [4.78, 5) is 9.61. The van der Waals surface area contributed by atoms with Crippen LogP contribution in [0.1, 0.15) is 31.5 Å². The fraction of sp³-hybridized carbons (Fsp3) is 0.500. The molecule has 1 aliphatic rings. The molecule has 0 spiro atoms. The molecule has 0 atom stereocenters. The molecule has 1 saturated heterocycles. The zero-order valence-corrected chi connectivity index (χ0v) is 20.1. The van der Waals surface area contributed by atoms with Crippen molar-refractivity contribution in [2.75, 3.05) is 26.2 Å². The van der Waals surface area contributed by atoms with Crippen LogP contribution in [0.2, 0.25) is 0 Å². The molecule has 3 heterocycles. The van der Waals surface area contributed by atoms with Gasteiger partial charge in [0.15, 0.2) is 10.6 Å². The SMILES string of the molecule is Cn1c(-c2ccccc2F)nn(CN2CCN(Cc3csc(C(C)(C)C)n3)CC2)c1=S. The van der Waals surface area contributed by atoms with Crippen LogP contribution in [-0.2, 0) is 25.7 Å². The maximum Gasteiger partial charge on any atom is 0.199 e. The van der Waals surface area contributed by atoms with E-state index >= 15 is 0 Å². The molecule has 1 aliphatic heterocycles. The monoisotopic (exact) mass is 460 g/mol. The highest BCUT2D eigenvalue weighted by Gasteiger charge is 2.22. The molecule has 0 radical (unpaired) electrons. The van der Waals surface area contributed by atoms with Crippen LogP contribution < -0.4 is 0 Å². The molecule has 6 nitrogen and oxygen atoms in total. The highest BCUT2D eigenvalue weighted by atomic mass is 32.1. The van der Waals surface area contributed by atoms with Gasteiger partial charge >= 0.3 is 0 Å². The molecular weight excluding hydrogens is 431 g/mol. The molecule has 0 unspecified atom stereocenters. The van der Waals surface area contributed by atoms with Gasteiger partial charge in [0.25, 0.3) is 0 Å². The maximum atomic E-state index is 14.2. The van der Waals surface area contributed by atoms with Crippen molar-refractivity contribution in [3.05, 3.63) is 50.9 Å². The molecule has 31 heavy (non-hydrogen) atoms. The van der Waals surface area contributed by atoms with Gasteiger partial charge in [-0.05, 0) is 24.4 Å². The molecule has 1 aromatic carbocycles. The third-order valence-electron chi connectivity index (χ3n) is 5.53. The number of hydrogen-bond acceptors (Lipinski definition) is 6. The van der Waals surface area contributed by atoms with Crippen LogP contribution in [-0.4, -0.2) is 55.3 Å². The van der Waals surface area contributed by atoms with Crippen LogP contribution >= 0.6 is 23.6 Å². The van der Waals surface area contributed by atoms with Crippen LogP contribution in [0, 0.1) is 10.6 Å². The van der Waals surface area contributed by atoms with Crippen LogP contribution in [0.3, 0.4) is 0 Å². The largest absolute Gasteiger partial charge is 0.303 e. The van der Waals surface area contributed by atoms with Gasteiger partial charge < -0.3 is 4.57 Å². The number of hydrogen-bond donors (Lipinski definition) is 0. The quantitative estimate of drug-likeness (QED) is 0.532. The third-order valence-corrected chi connectivity index (χ3v) is 7.33. The molecule has 0 bridgehead atoms. The van der Waals surface area contributed by atoms with Crippen molar-refractivity contribution >= 4 is 23.6 Å². The lowest BCUT2D eigenvalue weighted by Crippen LogP contribution is -2.46. The molecule has 0 saturated carbocycles. The second-order valence-corrected chi connectivity index (χ2v) is 10.3. The van der Waals surface area contributed by atoms with E-state index in [9.17, 15) is 4.39 Å². The first-order valence-corrected chi connectivity index (χ1v) is 11.8. The number of aromatic nitrogens is 4. The second kappa shape index (κ2) is 8.90. The first-order chi connectivity index (χ1) is 14.7. The Kier molecular flexibility index (Phi) is 6.39. The summed E-state index contributed by atoms with van der Waals surface area (Å²) in [6, 6.07) is 6.68. The summed E-state index contributed by atoms with van der Waals surface area (Å²) in [5, 5.41) is 7.99. The molecule has 0 N–H and O–H groups in total. The predicted molar refractivity (Wildman–Crippen MR) is 125 cm³/mol. The zero-order chi connectivity index (χ0) is 22.2. The lowest BCUT2D eigenvalue weighted by Gasteiger charge is -2.34. The van der Waals surface area contributed by atoms with Gasteiger partial charge in [0.1, 0.15) is 5.82 Å². The van der Waals surface area contributed by atoms with Crippen molar-refractivity contribution in [2.24, 2.45) is 7.05 Å². The Hall–Kier alpha value is -1.94. The van der Waals surface area contributed by atoms with E-state index in [1.165, 1.54) is 11.1 Å². The molecule has 166 valence electrons. The highest BCUT2D eigenvalue weighted by molar-refractivity contribution is 7.71. The van der Waals surface area contributed by atoms with E-state index in [2.05, 4.69) is 41.0 Å². The summed E-state index contributed by atoms with van der Waals surface area (Å²) < 4.78 is 18.4. The average Bonchev–Trinajstić information content (AvgIpc) is 3.30. The maximum absolute atomic E-state index is 14.2. The van der Waals surface area contributed by atoms with E-state index in [-0.39, 0.29) is 11.2 Å². The Morgan fingerprint density at radius 1 is 1.10 bits per heavy atom. The minimum atomic E-state index is -0.289. The minimum absolute atomic E-state index is 0.102. The van der Waals surface area contributed by atoms with E-state index in [4.69, 9.17) is 17.2 Å². The van der Waals surface area contributed by atoms with E-state index in [0.29, 0.717) is 22.8 Å². The fourth-order valence-corrected chi connectivity index (χ4v) is 4.77. The number of benzene rings is 1. The van der Waals surface area contributed by atoms with Gasteiger partial charge in [-0.2, -0.15) is 5.10 Å². The number of rotatable bonds is 5. The van der Waals surface area contributed by atoms with E-state index in [1.807, 2.05) is 13.1 Å². The number of halogens is 1. The Labute approximate surface area is 191 Å². The molecule has 9 heteroatoms. The molecule has 3 aromatic rings. The Morgan fingerprint density at radius 2 is 1.77 bits per heavy atom. The summed E-state index contributed by atoms with van der Waals surface area (Å²) in [5.74, 6) is 0.267. The van der Waals surface area contributed by atoms with Crippen molar-refractivity contribution in [3.63, 3.8) is 0 Å². The first-order valence-electron chi connectivity index (χ1n) is 10.5. The number of thiazole rings is 1. The topological polar surface area (TPSA) is 42.1 Å². The summed E-state index contributed by atoms with van der Waals surface area (Å²) in [6.07, 6.45) is 0. The van der Waals surface area contributed by atoms with Crippen molar-refractivity contribution in [1.82, 2.24) is 29.1 Å². The van der Waals surface area contributed by atoms with Crippen LogP contribution in [0.25, 0.3) is 11.4 Å². The van der Waals surface area contributed by atoms with Gasteiger partial charge in [-0.25, -0.2) is 14.1 Å². The van der Waals surface area contributed by atoms with Gasteiger partial charge in [-0.3, -0.25) is 9.80 Å². The lowest BCUT2D eigenvalue weighted by atomic mass is 9.98. The minimum Gasteiger partial charge on any atom is -0.303 e. The second-order valence-electron chi connectivity index (χ2n) is 9.07. The first kappa shape index (κ1) is 22.3. The Bertz CT molecular complexity index is 1100. The Balaban J connectivity index is 1.37. The van der Waals surface area contributed by atoms with E-state index in [0.717, 1.165) is 38.4 Å². The fourth-order valence-electron chi connectivity index (χ4n) is 3.69. The van der Waals surface area contributed by atoms with Crippen molar-refractivity contribution in [2.45, 2.75) is 39.4 Å². The number of nitrogens with zero attached hydrogens (tertiary/aromatic N) is 6. The van der Waals surface area contributed by atoms with Gasteiger partial charge in [-0.1, -0.05) is 32.9 Å². The van der Waals surface area contributed by atoms with Crippen LogP contribution in [0.15, 0.2) is 29.6 Å². The van der Waals surface area contributed by atoms with Gasteiger partial charge in [-0.15, -0.1) is 11.3 Å². The molecule has 0 amide bonds. The Morgan fingerprint density at radius 3 is 2.42 bits per heavy atom. The summed E-state index contributed by atoms with van der Waals surface area (Å²) in [5.41, 5.74) is 1.73. The summed E-state index contributed by atoms with van der Waals surface area (Å²) in [7, 11) is 1.84. The normalized spacial score (nSPS) is 16.2. The third kappa shape index (κ3) is 4.95. The van der Waals surface area contributed by atoms with Crippen molar-refractivity contribution in [1.29, 1.82) is 0 Å².